The van der Waals surface area contributed by atoms with Crippen LogP contribution in [-0.4, -0.2) is 42.5 Å². The van der Waals surface area contributed by atoms with E-state index in [2.05, 4.69) is 5.32 Å². The van der Waals surface area contributed by atoms with Crippen LogP contribution in [0.5, 0.6) is 0 Å². The van der Waals surface area contributed by atoms with Gasteiger partial charge < -0.3 is 10.2 Å². The van der Waals surface area contributed by atoms with Gasteiger partial charge in [-0.1, -0.05) is 30.3 Å². The van der Waals surface area contributed by atoms with E-state index in [1.165, 1.54) is 4.90 Å². The number of benzene rings is 2. The van der Waals surface area contributed by atoms with Gasteiger partial charge in [0.2, 0.25) is 5.91 Å². The fourth-order valence-electron chi connectivity index (χ4n) is 3.17. The van der Waals surface area contributed by atoms with Crippen LogP contribution in [0.15, 0.2) is 42.5 Å². The molecule has 1 N–H and O–H groups in total. The zero-order valence-corrected chi connectivity index (χ0v) is 14.1. The predicted octanol–water partition coefficient (Wildman–Crippen LogP) is 3.37. The minimum absolute atomic E-state index is 0.0384. The normalized spacial score (nSPS) is 18.0. The topological polar surface area (TPSA) is 49.4 Å². The summed E-state index contributed by atoms with van der Waals surface area (Å²) in [4.78, 5) is 25.6. The van der Waals surface area contributed by atoms with Crippen LogP contribution < -0.4 is 5.32 Å². The Morgan fingerprint density at radius 1 is 1.12 bits per heavy atom. The minimum atomic E-state index is -4.30. The first-order valence-corrected chi connectivity index (χ1v) is 8.46. The van der Waals surface area contributed by atoms with Crippen LogP contribution in [0, 0.1) is 5.92 Å². The van der Waals surface area contributed by atoms with E-state index in [0.717, 1.165) is 10.8 Å². The summed E-state index contributed by atoms with van der Waals surface area (Å²) >= 11 is 0. The van der Waals surface area contributed by atoms with Crippen LogP contribution in [0.3, 0.4) is 0 Å². The SMILES string of the molecule is O=C(NCC(=O)N1CCC[C@H](C(F)(F)F)C1)c1ccc2ccccc2c1. The molecule has 26 heavy (non-hydrogen) atoms. The molecule has 4 nitrogen and oxygen atoms in total. The molecule has 1 atom stereocenters. The molecular weight excluding hydrogens is 345 g/mol. The highest BCUT2D eigenvalue weighted by Gasteiger charge is 2.42. The molecule has 2 aromatic rings. The summed E-state index contributed by atoms with van der Waals surface area (Å²) in [5, 5.41) is 4.39. The van der Waals surface area contributed by atoms with Crippen molar-refractivity contribution in [3.63, 3.8) is 0 Å². The average molecular weight is 364 g/mol. The molecule has 1 aliphatic heterocycles. The van der Waals surface area contributed by atoms with E-state index in [1.807, 2.05) is 30.3 Å². The first-order valence-electron chi connectivity index (χ1n) is 8.46. The second-order valence-electron chi connectivity index (χ2n) is 6.47. The first kappa shape index (κ1) is 18.2. The Labute approximate surface area is 149 Å². The van der Waals surface area contributed by atoms with Gasteiger partial charge in [-0.15, -0.1) is 0 Å². The van der Waals surface area contributed by atoms with E-state index in [0.29, 0.717) is 12.0 Å². The number of likely N-dealkylation sites (tertiary alicyclic amines) is 1. The molecule has 3 rings (SSSR count). The highest BCUT2D eigenvalue weighted by Crippen LogP contribution is 2.33. The zero-order chi connectivity index (χ0) is 18.7. The van der Waals surface area contributed by atoms with Crippen molar-refractivity contribution in [1.82, 2.24) is 10.2 Å². The number of hydrogen-bond donors (Lipinski definition) is 1. The van der Waals surface area contributed by atoms with Crippen LogP contribution in [0.4, 0.5) is 13.2 Å². The number of hydrogen-bond acceptors (Lipinski definition) is 2. The van der Waals surface area contributed by atoms with Crippen molar-refractivity contribution in [2.45, 2.75) is 19.0 Å². The number of piperidine rings is 1. The maximum Gasteiger partial charge on any atom is 0.393 e. The Bertz CT molecular complexity index is 820. The molecule has 1 heterocycles. The van der Waals surface area contributed by atoms with Crippen LogP contribution >= 0.6 is 0 Å². The highest BCUT2D eigenvalue weighted by molar-refractivity contribution is 6.00. The molecule has 2 amide bonds. The molecule has 1 aliphatic rings. The number of carbonyl (C=O) groups is 2. The number of nitrogens with one attached hydrogen (secondary N) is 1. The number of rotatable bonds is 3. The minimum Gasteiger partial charge on any atom is -0.343 e. The molecule has 1 fully saturated rings. The molecule has 0 bridgehead atoms. The van der Waals surface area contributed by atoms with E-state index < -0.39 is 23.9 Å². The van der Waals surface area contributed by atoms with Crippen molar-refractivity contribution in [2.75, 3.05) is 19.6 Å². The summed E-state index contributed by atoms with van der Waals surface area (Å²) in [6, 6.07) is 12.7. The summed E-state index contributed by atoms with van der Waals surface area (Å²) in [7, 11) is 0. The van der Waals surface area contributed by atoms with Crippen molar-refractivity contribution in [2.24, 2.45) is 5.92 Å². The predicted molar refractivity (Wildman–Crippen MR) is 91.6 cm³/mol. The number of amides is 2. The quantitative estimate of drug-likeness (QED) is 0.908. The molecule has 0 radical (unpaired) electrons. The van der Waals surface area contributed by atoms with Gasteiger partial charge in [0.1, 0.15) is 0 Å². The molecule has 7 heteroatoms. The summed E-state index contributed by atoms with van der Waals surface area (Å²) in [6.45, 7) is -0.359. The van der Waals surface area contributed by atoms with E-state index in [4.69, 9.17) is 0 Å². The average Bonchev–Trinajstić information content (AvgIpc) is 2.64. The van der Waals surface area contributed by atoms with Crippen molar-refractivity contribution < 1.29 is 22.8 Å². The van der Waals surface area contributed by atoms with E-state index >= 15 is 0 Å². The van der Waals surface area contributed by atoms with Gasteiger partial charge in [-0.25, -0.2) is 0 Å². The summed E-state index contributed by atoms with van der Waals surface area (Å²) in [6.07, 6.45) is -3.95. The fraction of sp³-hybridized carbons (Fsp3) is 0.368. The smallest absolute Gasteiger partial charge is 0.343 e. The van der Waals surface area contributed by atoms with Gasteiger partial charge >= 0.3 is 6.18 Å². The second kappa shape index (κ2) is 7.35. The van der Waals surface area contributed by atoms with Crippen molar-refractivity contribution in [1.29, 1.82) is 0 Å². The lowest BCUT2D eigenvalue weighted by atomic mass is 9.97. The standard InChI is InChI=1S/C19H19F3N2O2/c20-19(21,22)16-6-3-9-24(12-16)17(25)11-23-18(26)15-8-7-13-4-1-2-5-14(13)10-15/h1-2,4-5,7-8,10,16H,3,6,9,11-12H2,(H,23,26)/t16-/m0/s1. The monoisotopic (exact) mass is 364 g/mol. The first-order chi connectivity index (χ1) is 12.3. The molecule has 0 unspecified atom stereocenters. The van der Waals surface area contributed by atoms with Gasteiger partial charge in [0.05, 0.1) is 12.5 Å². The summed E-state index contributed by atoms with van der Waals surface area (Å²) < 4.78 is 38.5. The van der Waals surface area contributed by atoms with Gasteiger partial charge in [0, 0.05) is 18.7 Å². The number of nitrogens with zero attached hydrogens (tertiary/aromatic N) is 1. The molecule has 0 aliphatic carbocycles. The maximum absolute atomic E-state index is 12.8. The van der Waals surface area contributed by atoms with Gasteiger partial charge in [0.15, 0.2) is 0 Å². The Morgan fingerprint density at radius 2 is 1.85 bits per heavy atom. The van der Waals surface area contributed by atoms with Gasteiger partial charge in [0.25, 0.3) is 5.91 Å². The molecule has 0 aromatic heterocycles. The number of fused-ring (bicyclic) bond motifs is 1. The van der Waals surface area contributed by atoms with Crippen molar-refractivity contribution in [3.8, 4) is 0 Å². The number of halogens is 3. The highest BCUT2D eigenvalue weighted by atomic mass is 19.4. The molecule has 0 saturated carbocycles. The van der Waals surface area contributed by atoms with Gasteiger partial charge in [-0.3, -0.25) is 9.59 Å². The van der Waals surface area contributed by atoms with Crippen LogP contribution in [0.2, 0.25) is 0 Å². The lowest BCUT2D eigenvalue weighted by Crippen LogP contribution is -2.48. The van der Waals surface area contributed by atoms with E-state index in [9.17, 15) is 22.8 Å². The largest absolute Gasteiger partial charge is 0.393 e. The van der Waals surface area contributed by atoms with E-state index in [-0.39, 0.29) is 26.1 Å². The third-order valence-corrected chi connectivity index (χ3v) is 4.65. The van der Waals surface area contributed by atoms with Crippen LogP contribution in [-0.2, 0) is 4.79 Å². The van der Waals surface area contributed by atoms with Crippen molar-refractivity contribution >= 4 is 22.6 Å². The third-order valence-electron chi connectivity index (χ3n) is 4.65. The van der Waals surface area contributed by atoms with Gasteiger partial charge in [-0.2, -0.15) is 13.2 Å². The Kier molecular flexibility index (Phi) is 5.15. The summed E-state index contributed by atoms with van der Waals surface area (Å²) in [5.74, 6) is -2.40. The molecule has 1 saturated heterocycles. The zero-order valence-electron chi connectivity index (χ0n) is 14.1. The summed E-state index contributed by atoms with van der Waals surface area (Å²) in [5.41, 5.74) is 0.406. The van der Waals surface area contributed by atoms with Crippen LogP contribution in [0.1, 0.15) is 23.2 Å². The fourth-order valence-corrected chi connectivity index (χ4v) is 3.17. The third kappa shape index (κ3) is 4.15. The second-order valence-corrected chi connectivity index (χ2v) is 6.47. The Hall–Kier alpha value is -2.57. The Balaban J connectivity index is 1.58. The van der Waals surface area contributed by atoms with Crippen molar-refractivity contribution in [3.05, 3.63) is 48.0 Å². The molecule has 2 aromatic carbocycles. The van der Waals surface area contributed by atoms with Gasteiger partial charge in [-0.05, 0) is 35.7 Å². The molecular formula is C19H19F3N2O2. The molecule has 138 valence electrons. The van der Waals surface area contributed by atoms with E-state index in [1.54, 1.807) is 12.1 Å². The van der Waals surface area contributed by atoms with Crippen LogP contribution in [0.25, 0.3) is 10.8 Å². The lowest BCUT2D eigenvalue weighted by molar-refractivity contribution is -0.187. The number of carbonyl (C=O) groups excluding carboxylic acids is 2. The Morgan fingerprint density at radius 3 is 2.58 bits per heavy atom. The maximum atomic E-state index is 12.8. The lowest BCUT2D eigenvalue weighted by Gasteiger charge is -2.33. The number of alkyl halides is 3. The molecule has 0 spiro atoms.